The molecule has 1 fully saturated rings. The van der Waals surface area contributed by atoms with E-state index in [1.54, 1.807) is 44.2 Å². The van der Waals surface area contributed by atoms with Crippen molar-refractivity contribution in [2.24, 2.45) is 5.92 Å². The zero-order chi connectivity index (χ0) is 20.1. The van der Waals surface area contributed by atoms with Crippen LogP contribution in [0.3, 0.4) is 0 Å². The lowest BCUT2D eigenvalue weighted by molar-refractivity contribution is 0.0526. The fourth-order valence-corrected chi connectivity index (χ4v) is 3.17. The van der Waals surface area contributed by atoms with Gasteiger partial charge in [0.15, 0.2) is 0 Å². The summed E-state index contributed by atoms with van der Waals surface area (Å²) < 4.78 is 4.99. The summed E-state index contributed by atoms with van der Waals surface area (Å²) in [5, 5.41) is 3.17. The van der Waals surface area contributed by atoms with Crippen LogP contribution in [0.4, 0.5) is 11.5 Å². The van der Waals surface area contributed by atoms with Crippen molar-refractivity contribution in [3.8, 4) is 0 Å². The minimum Gasteiger partial charge on any atom is -0.462 e. The lowest BCUT2D eigenvalue weighted by atomic mass is 9.99. The summed E-state index contributed by atoms with van der Waals surface area (Å²) >= 11 is 0. The summed E-state index contributed by atoms with van der Waals surface area (Å²) in [6, 6.07) is 8.60. The highest BCUT2D eigenvalue weighted by Crippen LogP contribution is 2.20. The van der Waals surface area contributed by atoms with Gasteiger partial charge in [-0.3, -0.25) is 4.79 Å². The first-order chi connectivity index (χ1) is 13.5. The van der Waals surface area contributed by atoms with Crippen molar-refractivity contribution >= 4 is 23.4 Å². The van der Waals surface area contributed by atoms with Crippen LogP contribution in [0.15, 0.2) is 30.3 Å². The maximum absolute atomic E-state index is 12.8. The van der Waals surface area contributed by atoms with Gasteiger partial charge in [0.1, 0.15) is 17.3 Å². The molecule has 1 aliphatic heterocycles. The van der Waals surface area contributed by atoms with Gasteiger partial charge in [-0.15, -0.1) is 0 Å². The van der Waals surface area contributed by atoms with Crippen molar-refractivity contribution in [3.05, 3.63) is 47.4 Å². The molecule has 28 heavy (non-hydrogen) atoms. The number of likely N-dealkylation sites (tertiary alicyclic amines) is 1. The third kappa shape index (κ3) is 4.85. The molecule has 1 aromatic carbocycles. The van der Waals surface area contributed by atoms with Gasteiger partial charge >= 0.3 is 5.97 Å². The zero-order valence-corrected chi connectivity index (χ0v) is 16.6. The van der Waals surface area contributed by atoms with Gasteiger partial charge in [-0.1, -0.05) is 6.92 Å². The van der Waals surface area contributed by atoms with Gasteiger partial charge < -0.3 is 15.0 Å². The summed E-state index contributed by atoms with van der Waals surface area (Å²) in [4.78, 5) is 35.1. The van der Waals surface area contributed by atoms with E-state index in [1.807, 2.05) is 4.90 Å². The number of hydrogen-bond acceptors (Lipinski definition) is 6. The number of carbonyl (C=O) groups is 2. The molecule has 7 heteroatoms. The first-order valence-electron chi connectivity index (χ1n) is 9.65. The summed E-state index contributed by atoms with van der Waals surface area (Å²) in [6.45, 7) is 7.62. The van der Waals surface area contributed by atoms with Gasteiger partial charge in [-0.2, -0.15) is 0 Å². The van der Waals surface area contributed by atoms with E-state index in [-0.39, 0.29) is 11.9 Å². The number of hydrogen-bond donors (Lipinski definition) is 1. The van der Waals surface area contributed by atoms with Crippen LogP contribution < -0.4 is 5.32 Å². The Labute approximate surface area is 165 Å². The van der Waals surface area contributed by atoms with Crippen molar-refractivity contribution in [2.75, 3.05) is 25.0 Å². The lowest BCUT2D eigenvalue weighted by Gasteiger charge is -2.30. The highest BCUT2D eigenvalue weighted by atomic mass is 16.5. The van der Waals surface area contributed by atoms with E-state index in [2.05, 4.69) is 22.2 Å². The van der Waals surface area contributed by atoms with E-state index < -0.39 is 0 Å². The Morgan fingerprint density at radius 3 is 2.50 bits per heavy atom. The third-order valence-electron chi connectivity index (χ3n) is 4.80. The fraction of sp³-hybridized carbons (Fsp3) is 0.429. The van der Waals surface area contributed by atoms with Gasteiger partial charge in [-0.25, -0.2) is 14.8 Å². The SMILES string of the molecule is CCOC(=O)c1ccc(Nc2cc(C(=O)N3CCC(C)CC3)nc(C)n2)cc1. The molecule has 1 N–H and O–H groups in total. The summed E-state index contributed by atoms with van der Waals surface area (Å²) in [5.74, 6) is 1.33. The highest BCUT2D eigenvalue weighted by Gasteiger charge is 2.23. The minimum atomic E-state index is -0.351. The van der Waals surface area contributed by atoms with Gasteiger partial charge in [0, 0.05) is 24.8 Å². The van der Waals surface area contributed by atoms with Crippen LogP contribution in [-0.2, 0) is 4.74 Å². The largest absolute Gasteiger partial charge is 0.462 e. The number of aromatic nitrogens is 2. The molecule has 148 valence electrons. The maximum Gasteiger partial charge on any atom is 0.338 e. The molecule has 1 saturated heterocycles. The standard InChI is InChI=1S/C21H26N4O3/c1-4-28-21(27)16-5-7-17(8-6-16)24-19-13-18(22-15(3)23-19)20(26)25-11-9-14(2)10-12-25/h5-8,13-14H,4,9-12H2,1-3H3,(H,22,23,24). The normalized spacial score (nSPS) is 14.6. The van der Waals surface area contributed by atoms with Crippen molar-refractivity contribution in [1.29, 1.82) is 0 Å². The number of nitrogens with one attached hydrogen (secondary N) is 1. The van der Waals surface area contributed by atoms with Crippen LogP contribution in [0.25, 0.3) is 0 Å². The quantitative estimate of drug-likeness (QED) is 0.796. The van der Waals surface area contributed by atoms with Gasteiger partial charge in [-0.05, 0) is 56.9 Å². The first-order valence-corrected chi connectivity index (χ1v) is 9.65. The number of piperidine rings is 1. The Morgan fingerprint density at radius 1 is 1.18 bits per heavy atom. The number of rotatable bonds is 5. The van der Waals surface area contributed by atoms with E-state index in [1.165, 1.54) is 0 Å². The predicted octanol–water partition coefficient (Wildman–Crippen LogP) is 3.58. The molecule has 1 aliphatic rings. The topological polar surface area (TPSA) is 84.4 Å². The molecule has 0 saturated carbocycles. The molecule has 0 aliphatic carbocycles. The number of amides is 1. The Hall–Kier alpha value is -2.96. The Bertz CT molecular complexity index is 843. The molecule has 1 aromatic heterocycles. The number of nitrogens with zero attached hydrogens (tertiary/aromatic N) is 3. The van der Waals surface area contributed by atoms with Crippen LogP contribution in [-0.4, -0.2) is 46.4 Å². The Kier molecular flexibility index (Phi) is 6.23. The molecule has 2 heterocycles. The summed E-state index contributed by atoms with van der Waals surface area (Å²) in [5.41, 5.74) is 1.64. The molecule has 0 radical (unpaired) electrons. The summed E-state index contributed by atoms with van der Waals surface area (Å²) in [6.07, 6.45) is 2.04. The third-order valence-corrected chi connectivity index (χ3v) is 4.80. The van der Waals surface area contributed by atoms with Crippen molar-refractivity contribution in [2.45, 2.75) is 33.6 Å². The number of benzene rings is 1. The van der Waals surface area contributed by atoms with E-state index in [0.717, 1.165) is 31.6 Å². The maximum atomic E-state index is 12.8. The lowest BCUT2D eigenvalue weighted by Crippen LogP contribution is -2.38. The molecular weight excluding hydrogens is 356 g/mol. The van der Waals surface area contributed by atoms with Crippen molar-refractivity contribution in [1.82, 2.24) is 14.9 Å². The van der Waals surface area contributed by atoms with Crippen LogP contribution in [0.2, 0.25) is 0 Å². The van der Waals surface area contributed by atoms with E-state index in [9.17, 15) is 9.59 Å². The number of anilines is 2. The summed E-state index contributed by atoms with van der Waals surface area (Å²) in [7, 11) is 0. The predicted molar refractivity (Wildman–Crippen MR) is 107 cm³/mol. The van der Waals surface area contributed by atoms with Crippen LogP contribution in [0.5, 0.6) is 0 Å². The van der Waals surface area contributed by atoms with Gasteiger partial charge in [0.05, 0.1) is 12.2 Å². The minimum absolute atomic E-state index is 0.0573. The molecule has 3 rings (SSSR count). The molecule has 0 atom stereocenters. The average Bonchev–Trinajstić information content (AvgIpc) is 2.68. The number of ether oxygens (including phenoxy) is 1. The Balaban J connectivity index is 1.72. The molecule has 2 aromatic rings. The van der Waals surface area contributed by atoms with E-state index in [4.69, 9.17) is 4.74 Å². The zero-order valence-electron chi connectivity index (χ0n) is 16.6. The van der Waals surface area contributed by atoms with Crippen molar-refractivity contribution < 1.29 is 14.3 Å². The molecule has 7 nitrogen and oxygen atoms in total. The smallest absolute Gasteiger partial charge is 0.338 e. The van der Waals surface area contributed by atoms with E-state index >= 15 is 0 Å². The Morgan fingerprint density at radius 2 is 1.86 bits per heavy atom. The second-order valence-electron chi connectivity index (χ2n) is 7.08. The number of carbonyl (C=O) groups excluding carboxylic acids is 2. The molecule has 0 spiro atoms. The second-order valence-corrected chi connectivity index (χ2v) is 7.08. The first kappa shape index (κ1) is 19.8. The second kappa shape index (κ2) is 8.82. The van der Waals surface area contributed by atoms with Crippen LogP contribution in [0, 0.1) is 12.8 Å². The fourth-order valence-electron chi connectivity index (χ4n) is 3.17. The molecule has 1 amide bonds. The van der Waals surface area contributed by atoms with Crippen molar-refractivity contribution in [3.63, 3.8) is 0 Å². The number of esters is 1. The van der Waals surface area contributed by atoms with Gasteiger partial charge in [0.2, 0.25) is 0 Å². The average molecular weight is 382 g/mol. The van der Waals surface area contributed by atoms with Crippen LogP contribution >= 0.6 is 0 Å². The molecule has 0 bridgehead atoms. The highest BCUT2D eigenvalue weighted by molar-refractivity contribution is 5.93. The van der Waals surface area contributed by atoms with E-state index in [0.29, 0.717) is 35.4 Å². The van der Waals surface area contributed by atoms with Crippen LogP contribution in [0.1, 0.15) is 53.4 Å². The molecular formula is C21H26N4O3. The molecule has 0 unspecified atom stereocenters. The number of aryl methyl sites for hydroxylation is 1. The van der Waals surface area contributed by atoms with Gasteiger partial charge in [0.25, 0.3) is 5.91 Å². The monoisotopic (exact) mass is 382 g/mol.